The van der Waals surface area contributed by atoms with Gasteiger partial charge in [0.15, 0.2) is 17.8 Å². The van der Waals surface area contributed by atoms with Crippen LogP contribution in [0.3, 0.4) is 0 Å². The van der Waals surface area contributed by atoms with E-state index in [1.807, 2.05) is 6.08 Å². The molecule has 4 heteroatoms. The first-order chi connectivity index (χ1) is 14.8. The molecule has 4 rings (SSSR count). The van der Waals surface area contributed by atoms with E-state index in [9.17, 15) is 14.4 Å². The average molecular weight is 425 g/mol. The number of allylic oxidation sites excluding steroid dienone is 6. The number of unbranched alkanes of at least 4 members (excludes halogenated alkanes) is 2. The zero-order valence-corrected chi connectivity index (χ0v) is 19.2. The van der Waals surface area contributed by atoms with Crippen LogP contribution in [0, 0.1) is 28.6 Å². The van der Waals surface area contributed by atoms with Gasteiger partial charge in [0.25, 0.3) is 0 Å². The predicted molar refractivity (Wildman–Crippen MR) is 120 cm³/mol. The molecule has 0 aromatic heterocycles. The first kappa shape index (κ1) is 22.2. The monoisotopic (exact) mass is 424 g/mol. The molecular weight excluding hydrogens is 388 g/mol. The molecule has 0 bridgehead atoms. The van der Waals surface area contributed by atoms with Gasteiger partial charge in [0, 0.05) is 11.8 Å². The minimum Gasteiger partial charge on any atom is -0.423 e. The Bertz CT molecular complexity index is 862. The van der Waals surface area contributed by atoms with Gasteiger partial charge in [-0.25, -0.2) is 0 Å². The van der Waals surface area contributed by atoms with E-state index in [0.29, 0.717) is 24.2 Å². The molecule has 0 radical (unpaired) electrons. The summed E-state index contributed by atoms with van der Waals surface area (Å²) in [4.78, 5) is 36.2. The Labute approximate surface area is 186 Å². The highest BCUT2D eigenvalue weighted by atomic mass is 16.5. The van der Waals surface area contributed by atoms with E-state index < -0.39 is 0 Å². The Morgan fingerprint density at radius 1 is 1.16 bits per heavy atom. The topological polar surface area (TPSA) is 60.4 Å². The van der Waals surface area contributed by atoms with Gasteiger partial charge in [-0.2, -0.15) is 0 Å². The van der Waals surface area contributed by atoms with Crippen LogP contribution in [0.25, 0.3) is 0 Å². The Kier molecular flexibility index (Phi) is 6.11. The van der Waals surface area contributed by atoms with Crippen molar-refractivity contribution in [2.45, 2.75) is 85.0 Å². The van der Waals surface area contributed by atoms with Gasteiger partial charge in [-0.15, -0.1) is 0 Å². The van der Waals surface area contributed by atoms with Gasteiger partial charge in [0.1, 0.15) is 0 Å². The van der Waals surface area contributed by atoms with Crippen LogP contribution in [0.15, 0.2) is 35.1 Å². The molecule has 0 spiro atoms. The summed E-state index contributed by atoms with van der Waals surface area (Å²) in [7, 11) is 0. The van der Waals surface area contributed by atoms with E-state index in [-0.39, 0.29) is 28.3 Å². The molecule has 0 saturated heterocycles. The van der Waals surface area contributed by atoms with Crippen molar-refractivity contribution in [3.63, 3.8) is 0 Å². The third-order valence-corrected chi connectivity index (χ3v) is 8.95. The number of ketones is 1. The summed E-state index contributed by atoms with van der Waals surface area (Å²) in [6.45, 7) is 6.70. The van der Waals surface area contributed by atoms with Crippen LogP contribution in [0.5, 0.6) is 0 Å². The maximum atomic E-state index is 12.3. The highest BCUT2D eigenvalue weighted by Gasteiger charge is 2.57. The van der Waals surface area contributed by atoms with Crippen molar-refractivity contribution in [1.82, 2.24) is 0 Å². The molecule has 31 heavy (non-hydrogen) atoms. The van der Waals surface area contributed by atoms with Crippen LogP contribution in [0.4, 0.5) is 0 Å². The van der Waals surface area contributed by atoms with Gasteiger partial charge in [-0.05, 0) is 85.8 Å². The molecule has 0 N–H and O–H groups in total. The van der Waals surface area contributed by atoms with Crippen molar-refractivity contribution in [3.05, 3.63) is 35.1 Å². The van der Waals surface area contributed by atoms with E-state index in [1.165, 1.54) is 5.57 Å². The summed E-state index contributed by atoms with van der Waals surface area (Å²) >= 11 is 0. The molecule has 0 aromatic rings. The van der Waals surface area contributed by atoms with Crippen molar-refractivity contribution in [1.29, 1.82) is 0 Å². The lowest BCUT2D eigenvalue weighted by molar-refractivity contribution is -0.141. The molecule has 3 saturated carbocycles. The van der Waals surface area contributed by atoms with E-state index in [1.54, 1.807) is 6.08 Å². The number of carbonyl (C=O) groups is 3. The van der Waals surface area contributed by atoms with Crippen LogP contribution < -0.4 is 0 Å². The first-order valence-corrected chi connectivity index (χ1v) is 12.2. The molecule has 4 aliphatic carbocycles. The lowest BCUT2D eigenvalue weighted by atomic mass is 9.48. The summed E-state index contributed by atoms with van der Waals surface area (Å²) in [5.41, 5.74) is 2.26. The number of hydrogen-bond donors (Lipinski definition) is 0. The third kappa shape index (κ3) is 3.76. The summed E-state index contributed by atoms with van der Waals surface area (Å²) < 4.78 is 5.61. The molecule has 0 aromatic carbocycles. The van der Waals surface area contributed by atoms with Crippen LogP contribution >= 0.6 is 0 Å². The molecular formula is C27H36O4. The maximum Gasteiger partial charge on any atom is 0.311 e. The SMILES string of the molecule is CCCCCC(=O)OC(C=O)=C1CC[C@H]2[C@@H]3CCC4=CC(=O)C=C[C@]4(C)[C@H]3CC[C@]12C. The molecule has 5 atom stereocenters. The highest BCUT2D eigenvalue weighted by molar-refractivity contribution is 6.01. The van der Waals surface area contributed by atoms with Crippen molar-refractivity contribution in [3.8, 4) is 0 Å². The Hall–Kier alpha value is -1.97. The van der Waals surface area contributed by atoms with E-state index in [2.05, 4.69) is 26.8 Å². The number of rotatable bonds is 6. The summed E-state index contributed by atoms with van der Waals surface area (Å²) in [5, 5.41) is 0. The number of ether oxygens (including phenoxy) is 1. The summed E-state index contributed by atoms with van der Waals surface area (Å²) in [6.07, 6.45) is 15.8. The minimum atomic E-state index is -0.277. The first-order valence-electron chi connectivity index (χ1n) is 12.2. The molecule has 0 amide bonds. The fourth-order valence-corrected chi connectivity index (χ4v) is 7.26. The maximum absolute atomic E-state index is 12.3. The number of aldehydes is 1. The van der Waals surface area contributed by atoms with E-state index in [4.69, 9.17) is 4.74 Å². The molecule has 4 nitrogen and oxygen atoms in total. The highest BCUT2D eigenvalue weighted by Crippen LogP contribution is 2.66. The van der Waals surface area contributed by atoms with Crippen LogP contribution in [-0.2, 0) is 19.1 Å². The third-order valence-electron chi connectivity index (χ3n) is 8.95. The van der Waals surface area contributed by atoms with Crippen molar-refractivity contribution in [2.75, 3.05) is 0 Å². The normalized spacial score (nSPS) is 38.0. The number of carbonyl (C=O) groups excluding carboxylic acids is 3. The largest absolute Gasteiger partial charge is 0.423 e. The minimum absolute atomic E-state index is 0.0240. The van der Waals surface area contributed by atoms with Gasteiger partial charge in [-0.1, -0.05) is 45.3 Å². The molecule has 0 heterocycles. The Morgan fingerprint density at radius 3 is 2.71 bits per heavy atom. The summed E-state index contributed by atoms with van der Waals surface area (Å²) in [5.74, 6) is 1.74. The van der Waals surface area contributed by atoms with Crippen molar-refractivity contribution in [2.24, 2.45) is 28.6 Å². The fourth-order valence-electron chi connectivity index (χ4n) is 7.26. The zero-order chi connectivity index (χ0) is 22.2. The van der Waals surface area contributed by atoms with E-state index >= 15 is 0 Å². The standard InChI is InChI=1S/C27H36O4/c1-4-5-6-7-25(30)31-24(17-28)23-11-10-21-20-9-8-18-16-19(29)12-14-26(18,2)22(20)13-15-27(21,23)3/h12,14,16-17,20-22H,4-11,13,15H2,1-3H3/t20-,21-,22-,26-,27-/m0/s1. The fraction of sp³-hybridized carbons (Fsp3) is 0.667. The lowest BCUT2D eigenvalue weighted by Crippen LogP contribution is -2.48. The Morgan fingerprint density at radius 2 is 1.97 bits per heavy atom. The smallest absolute Gasteiger partial charge is 0.311 e. The van der Waals surface area contributed by atoms with Crippen molar-refractivity contribution >= 4 is 18.0 Å². The second-order valence-electron chi connectivity index (χ2n) is 10.5. The number of esters is 1. The van der Waals surface area contributed by atoms with Crippen LogP contribution in [-0.4, -0.2) is 18.0 Å². The van der Waals surface area contributed by atoms with Gasteiger partial charge in [-0.3, -0.25) is 14.4 Å². The Balaban J connectivity index is 1.56. The van der Waals surface area contributed by atoms with Gasteiger partial charge in [0.05, 0.1) is 0 Å². The van der Waals surface area contributed by atoms with Gasteiger partial charge in [0.2, 0.25) is 0 Å². The van der Waals surface area contributed by atoms with Crippen LogP contribution in [0.1, 0.15) is 85.0 Å². The van der Waals surface area contributed by atoms with Crippen molar-refractivity contribution < 1.29 is 19.1 Å². The molecule has 168 valence electrons. The quantitative estimate of drug-likeness (QED) is 0.176. The zero-order valence-electron chi connectivity index (χ0n) is 19.2. The molecule has 4 aliphatic rings. The predicted octanol–water partition coefficient (Wildman–Crippen LogP) is 5.87. The summed E-state index contributed by atoms with van der Waals surface area (Å²) in [6, 6.07) is 0. The number of hydrogen-bond acceptors (Lipinski definition) is 4. The van der Waals surface area contributed by atoms with Crippen LogP contribution in [0.2, 0.25) is 0 Å². The van der Waals surface area contributed by atoms with E-state index in [0.717, 1.165) is 69.6 Å². The number of fused-ring (bicyclic) bond motifs is 5. The second-order valence-corrected chi connectivity index (χ2v) is 10.5. The molecule has 0 unspecified atom stereocenters. The molecule has 3 fully saturated rings. The second kappa shape index (κ2) is 8.52. The van der Waals surface area contributed by atoms with Gasteiger partial charge < -0.3 is 4.74 Å². The molecule has 0 aliphatic heterocycles. The average Bonchev–Trinajstić information content (AvgIpc) is 3.10. The van der Waals surface area contributed by atoms with Gasteiger partial charge >= 0.3 is 5.97 Å². The lowest BCUT2D eigenvalue weighted by Gasteiger charge is -2.56.